The molecule has 2 atom stereocenters. The van der Waals surface area contributed by atoms with Crippen molar-refractivity contribution in [2.75, 3.05) is 32.9 Å². The van der Waals surface area contributed by atoms with Gasteiger partial charge in [0.2, 0.25) is 15.6 Å². The summed E-state index contributed by atoms with van der Waals surface area (Å²) in [4.78, 5) is 27.3. The molecule has 0 bridgehead atoms. The smallest absolute Gasteiger partial charge is 0.270 e. The highest BCUT2D eigenvalue weighted by Gasteiger charge is 2.37. The van der Waals surface area contributed by atoms with E-state index in [1.807, 2.05) is 0 Å². The summed E-state index contributed by atoms with van der Waals surface area (Å²) >= 11 is 0. The number of likely N-dealkylation sites (tertiary alicyclic amines) is 1. The maximum absolute atomic E-state index is 12.3. The van der Waals surface area contributed by atoms with Gasteiger partial charge in [-0.15, -0.1) is 0 Å². The number of H-pyrrole nitrogens is 1. The van der Waals surface area contributed by atoms with Gasteiger partial charge in [0.05, 0.1) is 11.9 Å². The first kappa shape index (κ1) is 16.7. The van der Waals surface area contributed by atoms with Crippen molar-refractivity contribution in [1.29, 1.82) is 0 Å². The van der Waals surface area contributed by atoms with Gasteiger partial charge in [-0.2, -0.15) is 0 Å². The molecule has 2 rings (SSSR count). The van der Waals surface area contributed by atoms with Gasteiger partial charge in [-0.1, -0.05) is 6.07 Å². The van der Waals surface area contributed by atoms with Gasteiger partial charge in [-0.25, -0.2) is 12.7 Å². The van der Waals surface area contributed by atoms with Crippen LogP contribution in [-0.4, -0.2) is 72.7 Å². The van der Waals surface area contributed by atoms with Gasteiger partial charge in [-0.05, 0) is 6.07 Å². The molecule has 122 valence electrons. The van der Waals surface area contributed by atoms with Gasteiger partial charge in [0.1, 0.15) is 5.69 Å². The third kappa shape index (κ3) is 3.54. The van der Waals surface area contributed by atoms with Crippen LogP contribution in [0.3, 0.4) is 0 Å². The number of carbonyl (C=O) groups excluding carboxylic acids is 1. The van der Waals surface area contributed by atoms with Gasteiger partial charge < -0.3 is 15.0 Å². The molecule has 22 heavy (non-hydrogen) atoms. The molecule has 0 aromatic carbocycles. The van der Waals surface area contributed by atoms with Gasteiger partial charge >= 0.3 is 0 Å². The molecule has 1 fully saturated rings. The second-order valence-electron chi connectivity index (χ2n) is 5.53. The standard InChI is InChI=1S/C13H19N3O5S/c1-15(2)22(20,21)8-9-6-16(7-11(9)17)13(19)10-4-3-5-12(18)14-10/h3-5,9,11,17H,6-8H2,1-2H3,(H,14,18)/t9-,11+/m0/s1. The van der Waals surface area contributed by atoms with Gasteiger partial charge in [0, 0.05) is 39.2 Å². The number of aliphatic hydroxyl groups excluding tert-OH is 1. The van der Waals surface area contributed by atoms with Crippen LogP contribution in [0.5, 0.6) is 0 Å². The minimum atomic E-state index is -3.46. The topological polar surface area (TPSA) is 111 Å². The number of carbonyl (C=O) groups is 1. The second kappa shape index (κ2) is 6.19. The second-order valence-corrected chi connectivity index (χ2v) is 7.75. The van der Waals surface area contributed by atoms with Crippen LogP contribution >= 0.6 is 0 Å². The van der Waals surface area contributed by atoms with E-state index in [4.69, 9.17) is 0 Å². The minimum Gasteiger partial charge on any atom is -0.391 e. The van der Waals surface area contributed by atoms with E-state index in [0.717, 1.165) is 4.31 Å². The molecular weight excluding hydrogens is 310 g/mol. The zero-order valence-electron chi connectivity index (χ0n) is 12.4. The van der Waals surface area contributed by atoms with E-state index >= 15 is 0 Å². The lowest BCUT2D eigenvalue weighted by atomic mass is 10.1. The van der Waals surface area contributed by atoms with Crippen molar-refractivity contribution < 1.29 is 18.3 Å². The summed E-state index contributed by atoms with van der Waals surface area (Å²) < 4.78 is 24.9. The monoisotopic (exact) mass is 329 g/mol. The Morgan fingerprint density at radius 1 is 1.41 bits per heavy atom. The average Bonchev–Trinajstić information content (AvgIpc) is 2.78. The molecule has 1 aromatic heterocycles. The molecule has 2 N–H and O–H groups in total. The molecule has 0 radical (unpaired) electrons. The lowest BCUT2D eigenvalue weighted by Crippen LogP contribution is -2.34. The van der Waals surface area contributed by atoms with Crippen molar-refractivity contribution in [1.82, 2.24) is 14.2 Å². The lowest BCUT2D eigenvalue weighted by Gasteiger charge is -2.18. The summed E-state index contributed by atoms with van der Waals surface area (Å²) in [5.74, 6) is -1.20. The van der Waals surface area contributed by atoms with Crippen LogP contribution in [0.1, 0.15) is 10.5 Å². The summed E-state index contributed by atoms with van der Waals surface area (Å²) in [7, 11) is -0.608. The quantitative estimate of drug-likeness (QED) is 0.713. The molecule has 1 saturated heterocycles. The molecule has 2 heterocycles. The number of nitrogens with one attached hydrogen (secondary N) is 1. The molecule has 0 saturated carbocycles. The summed E-state index contributed by atoms with van der Waals surface area (Å²) in [6, 6.07) is 4.23. The van der Waals surface area contributed by atoms with Crippen LogP contribution in [0.4, 0.5) is 0 Å². The van der Waals surface area contributed by atoms with Crippen LogP contribution in [0.2, 0.25) is 0 Å². The summed E-state index contributed by atoms with van der Waals surface area (Å²) in [6.07, 6.45) is -0.908. The van der Waals surface area contributed by atoms with Crippen molar-refractivity contribution in [3.05, 3.63) is 34.2 Å². The highest BCUT2D eigenvalue weighted by molar-refractivity contribution is 7.89. The number of hydrogen-bond acceptors (Lipinski definition) is 5. The predicted molar refractivity (Wildman–Crippen MR) is 79.9 cm³/mol. The normalized spacial score (nSPS) is 22.3. The molecule has 1 amide bonds. The van der Waals surface area contributed by atoms with E-state index in [0.29, 0.717) is 0 Å². The largest absolute Gasteiger partial charge is 0.391 e. The van der Waals surface area contributed by atoms with Crippen LogP contribution in [-0.2, 0) is 10.0 Å². The Bertz CT molecular complexity index is 712. The molecule has 1 aliphatic heterocycles. The van der Waals surface area contributed by atoms with E-state index in [2.05, 4.69) is 4.98 Å². The van der Waals surface area contributed by atoms with Crippen molar-refractivity contribution in [3.8, 4) is 0 Å². The minimum absolute atomic E-state index is 0.0450. The first-order valence-corrected chi connectivity index (χ1v) is 8.38. The van der Waals surface area contributed by atoms with Crippen LogP contribution < -0.4 is 5.56 Å². The Hall–Kier alpha value is -1.71. The summed E-state index contributed by atoms with van der Waals surface area (Å²) in [6.45, 7) is 0.174. The summed E-state index contributed by atoms with van der Waals surface area (Å²) in [5, 5.41) is 10.0. The lowest BCUT2D eigenvalue weighted by molar-refractivity contribution is 0.0758. The molecule has 9 heteroatoms. The van der Waals surface area contributed by atoms with E-state index in [-0.39, 0.29) is 24.5 Å². The number of nitrogens with zero attached hydrogens (tertiary/aromatic N) is 2. The number of rotatable bonds is 4. The van der Waals surface area contributed by atoms with Crippen LogP contribution in [0, 0.1) is 5.92 Å². The van der Waals surface area contributed by atoms with Gasteiger partial charge in [0.25, 0.3) is 5.91 Å². The first-order valence-electron chi connectivity index (χ1n) is 6.77. The Morgan fingerprint density at radius 3 is 2.68 bits per heavy atom. The molecule has 1 aromatic rings. The number of aromatic amines is 1. The first-order chi connectivity index (χ1) is 10.2. The van der Waals surface area contributed by atoms with Crippen LogP contribution in [0.25, 0.3) is 0 Å². The van der Waals surface area contributed by atoms with Gasteiger partial charge in [0.15, 0.2) is 0 Å². The highest BCUT2D eigenvalue weighted by Crippen LogP contribution is 2.21. The molecular formula is C13H19N3O5S. The van der Waals surface area contributed by atoms with Crippen molar-refractivity contribution in [3.63, 3.8) is 0 Å². The fourth-order valence-corrected chi connectivity index (χ4v) is 3.51. The Balaban J connectivity index is 2.11. The Morgan fingerprint density at radius 2 is 2.09 bits per heavy atom. The van der Waals surface area contributed by atoms with E-state index in [1.165, 1.54) is 37.2 Å². The number of sulfonamides is 1. The molecule has 1 aliphatic rings. The van der Waals surface area contributed by atoms with Crippen molar-refractivity contribution in [2.24, 2.45) is 5.92 Å². The third-order valence-corrected chi connectivity index (χ3v) is 5.64. The SMILES string of the molecule is CN(C)S(=O)(=O)C[C@@H]1CN(C(=O)c2cccc(=O)[nH]2)C[C@H]1O. The highest BCUT2D eigenvalue weighted by atomic mass is 32.2. The van der Waals surface area contributed by atoms with E-state index < -0.39 is 33.5 Å². The summed E-state index contributed by atoms with van der Waals surface area (Å²) in [5.41, 5.74) is -0.270. The zero-order valence-corrected chi connectivity index (χ0v) is 13.2. The number of pyridine rings is 1. The fraction of sp³-hybridized carbons (Fsp3) is 0.538. The van der Waals surface area contributed by atoms with Crippen molar-refractivity contribution in [2.45, 2.75) is 6.10 Å². The molecule has 0 aliphatic carbocycles. The number of hydrogen-bond donors (Lipinski definition) is 2. The van der Waals surface area contributed by atoms with Crippen molar-refractivity contribution >= 4 is 15.9 Å². The third-order valence-electron chi connectivity index (χ3n) is 3.67. The number of amides is 1. The zero-order chi connectivity index (χ0) is 16.5. The maximum Gasteiger partial charge on any atom is 0.270 e. The van der Waals surface area contributed by atoms with Crippen LogP contribution in [0.15, 0.2) is 23.0 Å². The molecule has 0 spiro atoms. The van der Waals surface area contributed by atoms with E-state index in [1.54, 1.807) is 0 Å². The fourth-order valence-electron chi connectivity index (χ4n) is 2.35. The Kier molecular flexibility index (Phi) is 4.69. The average molecular weight is 329 g/mol. The molecule has 0 unspecified atom stereocenters. The number of aliphatic hydroxyl groups is 1. The molecule has 8 nitrogen and oxygen atoms in total. The predicted octanol–water partition coefficient (Wildman–Crippen LogP) is -1.30. The van der Waals surface area contributed by atoms with Gasteiger partial charge in [-0.3, -0.25) is 9.59 Å². The number of aromatic nitrogens is 1. The number of β-amino-alcohol motifs (C(OH)–C–C–N with tert-alkyl or cyclic N) is 1. The maximum atomic E-state index is 12.3. The Labute approximate surface area is 128 Å². The van der Waals surface area contributed by atoms with E-state index in [9.17, 15) is 23.1 Å².